The number of aliphatic hydroxyl groups is 1. The van der Waals surface area contributed by atoms with Crippen LogP contribution >= 0.6 is 11.6 Å². The Hall–Kier alpha value is -1.45. The molecule has 1 aromatic carbocycles. The van der Waals surface area contributed by atoms with E-state index >= 15 is 0 Å². The summed E-state index contributed by atoms with van der Waals surface area (Å²) in [6.45, 7) is 1.74. The van der Waals surface area contributed by atoms with E-state index in [0.29, 0.717) is 17.9 Å². The van der Waals surface area contributed by atoms with Crippen LogP contribution in [0.4, 0.5) is 4.39 Å². The van der Waals surface area contributed by atoms with E-state index in [1.165, 1.54) is 12.1 Å². The van der Waals surface area contributed by atoms with Crippen molar-refractivity contribution in [1.82, 2.24) is 4.98 Å². The fourth-order valence-corrected chi connectivity index (χ4v) is 2.25. The zero-order valence-corrected chi connectivity index (χ0v) is 11.4. The molecule has 0 aliphatic rings. The molecule has 0 bridgehead atoms. The number of halogens is 2. The molecule has 0 radical (unpaired) electrons. The summed E-state index contributed by atoms with van der Waals surface area (Å²) >= 11 is 6.03. The molecular weight excluding hydrogens is 265 g/mol. The molecule has 0 fully saturated rings. The van der Waals surface area contributed by atoms with Gasteiger partial charge < -0.3 is 5.11 Å². The Bertz CT molecular complexity index is 554. The van der Waals surface area contributed by atoms with E-state index in [4.69, 9.17) is 11.6 Å². The highest BCUT2D eigenvalue weighted by Crippen LogP contribution is 2.23. The first-order valence-electron chi connectivity index (χ1n) is 6.01. The number of nitrogens with zero attached hydrogens (tertiary/aromatic N) is 1. The smallest absolute Gasteiger partial charge is 0.123 e. The molecule has 0 saturated carbocycles. The first-order chi connectivity index (χ1) is 8.96. The predicted molar refractivity (Wildman–Crippen MR) is 73.7 cm³/mol. The molecule has 0 aliphatic carbocycles. The lowest BCUT2D eigenvalue weighted by Crippen LogP contribution is -2.30. The summed E-state index contributed by atoms with van der Waals surface area (Å²) < 4.78 is 12.8. The van der Waals surface area contributed by atoms with Crippen molar-refractivity contribution in [1.29, 1.82) is 0 Å². The van der Waals surface area contributed by atoms with Crippen molar-refractivity contribution < 1.29 is 9.50 Å². The van der Waals surface area contributed by atoms with Crippen molar-refractivity contribution in [2.24, 2.45) is 0 Å². The van der Waals surface area contributed by atoms with Crippen LogP contribution in [0, 0.1) is 5.82 Å². The molecule has 1 atom stereocenters. The molecule has 1 unspecified atom stereocenters. The lowest BCUT2D eigenvalue weighted by atomic mass is 9.90. The van der Waals surface area contributed by atoms with E-state index in [2.05, 4.69) is 4.98 Å². The maximum Gasteiger partial charge on any atom is 0.123 e. The molecule has 1 N–H and O–H groups in total. The quantitative estimate of drug-likeness (QED) is 0.930. The molecule has 100 valence electrons. The number of rotatable bonds is 4. The second-order valence-electron chi connectivity index (χ2n) is 4.94. The van der Waals surface area contributed by atoms with Crippen LogP contribution in [0.25, 0.3) is 0 Å². The Kier molecular flexibility index (Phi) is 4.17. The minimum Gasteiger partial charge on any atom is -0.389 e. The van der Waals surface area contributed by atoms with Gasteiger partial charge in [0.15, 0.2) is 0 Å². The van der Waals surface area contributed by atoms with Gasteiger partial charge in [-0.2, -0.15) is 0 Å². The van der Waals surface area contributed by atoms with Gasteiger partial charge in [-0.3, -0.25) is 4.98 Å². The second kappa shape index (κ2) is 5.68. The topological polar surface area (TPSA) is 33.1 Å². The van der Waals surface area contributed by atoms with E-state index < -0.39 is 5.60 Å². The zero-order chi connectivity index (χ0) is 13.9. The molecule has 0 saturated heterocycles. The van der Waals surface area contributed by atoms with E-state index in [0.717, 1.165) is 11.1 Å². The van der Waals surface area contributed by atoms with Crippen molar-refractivity contribution >= 4 is 11.6 Å². The summed E-state index contributed by atoms with van der Waals surface area (Å²) in [6.07, 6.45) is 4.07. The molecule has 4 heteroatoms. The average Bonchev–Trinajstić information content (AvgIpc) is 2.35. The minimum atomic E-state index is -0.942. The summed E-state index contributed by atoms with van der Waals surface area (Å²) in [7, 11) is 0. The van der Waals surface area contributed by atoms with Crippen LogP contribution < -0.4 is 0 Å². The van der Waals surface area contributed by atoms with Gasteiger partial charge in [0, 0.05) is 25.2 Å². The van der Waals surface area contributed by atoms with Crippen LogP contribution in [0.2, 0.25) is 5.02 Å². The fourth-order valence-electron chi connectivity index (χ4n) is 2.06. The highest BCUT2D eigenvalue weighted by Gasteiger charge is 2.22. The molecular formula is C15H15ClFNO. The van der Waals surface area contributed by atoms with Gasteiger partial charge in [-0.25, -0.2) is 4.39 Å². The van der Waals surface area contributed by atoms with Crippen LogP contribution in [0.1, 0.15) is 18.1 Å². The maximum absolute atomic E-state index is 12.8. The van der Waals surface area contributed by atoms with Crippen molar-refractivity contribution in [3.8, 4) is 0 Å². The number of hydrogen-bond acceptors (Lipinski definition) is 2. The van der Waals surface area contributed by atoms with Crippen molar-refractivity contribution in [3.63, 3.8) is 0 Å². The van der Waals surface area contributed by atoms with Gasteiger partial charge in [0.25, 0.3) is 0 Å². The molecule has 2 rings (SSSR count). The first-order valence-corrected chi connectivity index (χ1v) is 6.39. The van der Waals surface area contributed by atoms with E-state index in [9.17, 15) is 9.50 Å². The largest absolute Gasteiger partial charge is 0.389 e. The third kappa shape index (κ3) is 4.01. The van der Waals surface area contributed by atoms with Crippen molar-refractivity contribution in [2.75, 3.05) is 0 Å². The summed E-state index contributed by atoms with van der Waals surface area (Å²) in [4.78, 5) is 3.91. The van der Waals surface area contributed by atoms with Gasteiger partial charge in [0.05, 0.1) is 10.6 Å². The second-order valence-corrected chi connectivity index (χ2v) is 5.35. The summed E-state index contributed by atoms with van der Waals surface area (Å²) in [6, 6.07) is 7.94. The number of pyridine rings is 1. The molecule has 0 spiro atoms. The molecule has 0 amide bonds. The Morgan fingerprint density at radius 2 is 1.89 bits per heavy atom. The van der Waals surface area contributed by atoms with E-state index in [1.807, 2.05) is 0 Å². The van der Waals surface area contributed by atoms with Gasteiger partial charge in [-0.15, -0.1) is 0 Å². The van der Waals surface area contributed by atoms with Crippen LogP contribution in [0.15, 0.2) is 42.7 Å². The van der Waals surface area contributed by atoms with Gasteiger partial charge >= 0.3 is 0 Å². The highest BCUT2D eigenvalue weighted by atomic mass is 35.5. The third-order valence-corrected chi connectivity index (χ3v) is 3.27. The average molecular weight is 280 g/mol. The van der Waals surface area contributed by atoms with Crippen LogP contribution in [-0.4, -0.2) is 15.7 Å². The zero-order valence-electron chi connectivity index (χ0n) is 10.6. The van der Waals surface area contributed by atoms with Gasteiger partial charge in [0.2, 0.25) is 0 Å². The molecule has 2 aromatic rings. The fraction of sp³-hybridized carbons (Fsp3) is 0.267. The first kappa shape index (κ1) is 14.0. The Morgan fingerprint density at radius 3 is 2.53 bits per heavy atom. The van der Waals surface area contributed by atoms with Gasteiger partial charge in [0.1, 0.15) is 5.82 Å². The van der Waals surface area contributed by atoms with Crippen molar-refractivity contribution in [3.05, 3.63) is 64.7 Å². The minimum absolute atomic E-state index is 0.277. The molecule has 0 aliphatic heterocycles. The monoisotopic (exact) mass is 279 g/mol. The molecule has 1 aromatic heterocycles. The Labute approximate surface area is 116 Å². The number of benzene rings is 1. The Morgan fingerprint density at radius 1 is 1.21 bits per heavy atom. The number of hydrogen-bond donors (Lipinski definition) is 1. The van der Waals surface area contributed by atoms with E-state index in [-0.39, 0.29) is 5.82 Å². The highest BCUT2D eigenvalue weighted by molar-refractivity contribution is 6.31. The lowest BCUT2D eigenvalue weighted by Gasteiger charge is -2.24. The van der Waals surface area contributed by atoms with Gasteiger partial charge in [-0.05, 0) is 36.2 Å². The maximum atomic E-state index is 12.8. The third-order valence-electron chi connectivity index (χ3n) is 2.93. The summed E-state index contributed by atoms with van der Waals surface area (Å²) in [5, 5.41) is 11.0. The number of aromatic nitrogens is 1. The SMILES string of the molecule is CC(O)(Cc1ccc(F)cc1)Cc1ccncc1Cl. The lowest BCUT2D eigenvalue weighted by molar-refractivity contribution is 0.0608. The molecule has 1 heterocycles. The molecule has 19 heavy (non-hydrogen) atoms. The van der Waals surface area contributed by atoms with Crippen LogP contribution in [-0.2, 0) is 12.8 Å². The summed E-state index contributed by atoms with van der Waals surface area (Å²) in [5.41, 5.74) is 0.795. The standard InChI is InChI=1S/C15H15ClFNO/c1-15(19,8-11-2-4-13(17)5-3-11)9-12-6-7-18-10-14(12)16/h2-7,10,19H,8-9H2,1H3. The molecule has 2 nitrogen and oxygen atoms in total. The summed E-state index contributed by atoms with van der Waals surface area (Å²) in [5.74, 6) is -0.277. The Balaban J connectivity index is 2.10. The van der Waals surface area contributed by atoms with Crippen LogP contribution in [0.3, 0.4) is 0 Å². The van der Waals surface area contributed by atoms with Crippen molar-refractivity contribution in [2.45, 2.75) is 25.4 Å². The van der Waals surface area contributed by atoms with E-state index in [1.54, 1.807) is 37.5 Å². The predicted octanol–water partition coefficient (Wildman–Crippen LogP) is 3.41. The van der Waals surface area contributed by atoms with Gasteiger partial charge in [-0.1, -0.05) is 23.7 Å². The normalized spacial score (nSPS) is 14.1. The van der Waals surface area contributed by atoms with Crippen LogP contribution in [0.5, 0.6) is 0 Å².